The first-order valence-electron chi connectivity index (χ1n) is 5.37. The molecule has 0 unspecified atom stereocenters. The van der Waals surface area contributed by atoms with Crippen LogP contribution in [0.2, 0.25) is 11.6 Å². The maximum absolute atomic E-state index is 2.64. The molecule has 59 valence electrons. The molecule has 4 rings (SSSR count). The quantitative estimate of drug-likeness (QED) is 0.287. The predicted octanol–water partition coefficient (Wildman–Crippen LogP) is 2.62. The molecule has 0 amide bonds. The molecule has 0 aromatic rings. The van der Waals surface area contributed by atoms with Crippen LogP contribution in [0.15, 0.2) is 11.1 Å². The predicted molar refractivity (Wildman–Crippen MR) is 50.0 cm³/mol. The molecule has 2 fully saturated rings. The number of hydrogen-bond donors (Lipinski definition) is 0. The van der Waals surface area contributed by atoms with Crippen molar-refractivity contribution >= 4 is 7.28 Å². The number of hydrogen-bond acceptors (Lipinski definition) is 0. The minimum absolute atomic E-state index is 0.927. The van der Waals surface area contributed by atoms with Crippen LogP contribution in [0.3, 0.4) is 0 Å². The topological polar surface area (TPSA) is 0 Å². The molecule has 0 aromatic heterocycles. The fourth-order valence-electron chi connectivity index (χ4n) is 4.11. The maximum atomic E-state index is 2.64. The summed E-state index contributed by atoms with van der Waals surface area (Å²) < 4.78 is 0. The largest absolute Gasteiger partial charge is 0.129 e. The van der Waals surface area contributed by atoms with Crippen LogP contribution >= 0.6 is 0 Å². The lowest BCUT2D eigenvalue weighted by Gasteiger charge is -2.19. The van der Waals surface area contributed by atoms with E-state index >= 15 is 0 Å². The zero-order valence-electron chi connectivity index (χ0n) is 7.29. The summed E-state index contributed by atoms with van der Waals surface area (Å²) in [6.07, 6.45) is 8.53. The Morgan fingerprint density at radius 1 is 0.917 bits per heavy atom. The van der Waals surface area contributed by atoms with Crippen LogP contribution in [-0.4, -0.2) is 7.28 Å². The second kappa shape index (κ2) is 1.78. The van der Waals surface area contributed by atoms with Gasteiger partial charge in [0, 0.05) is 0 Å². The van der Waals surface area contributed by atoms with E-state index in [0.717, 1.165) is 23.5 Å². The van der Waals surface area contributed by atoms with E-state index in [2.05, 4.69) is 13.7 Å². The Hall–Kier alpha value is -0.325. The smallest absolute Gasteiger partial charge is 0.0539 e. The number of allylic oxidation sites excluding steroid dienone is 2. The summed E-state index contributed by atoms with van der Waals surface area (Å²) in [4.78, 5) is 0. The zero-order chi connectivity index (χ0) is 7.71. The van der Waals surface area contributed by atoms with Crippen molar-refractivity contribution in [1.82, 2.24) is 0 Å². The summed E-state index contributed by atoms with van der Waals surface area (Å²) in [5, 5.41) is 0. The van der Waals surface area contributed by atoms with Crippen LogP contribution in [0.4, 0.5) is 0 Å². The van der Waals surface area contributed by atoms with Gasteiger partial charge in [0.25, 0.3) is 0 Å². The Labute approximate surface area is 74.7 Å². The number of fused-ring (bicyclic) bond motifs is 8. The van der Waals surface area contributed by atoms with Crippen molar-refractivity contribution in [2.45, 2.75) is 37.3 Å². The summed E-state index contributed by atoms with van der Waals surface area (Å²) in [5.41, 5.74) is 3.78. The monoisotopic (exact) mass is 156 g/mol. The minimum Gasteiger partial charge on any atom is -0.0539 e. The SMILES string of the molecule is [B]1[C@@H]2CC[C@H]1C1=C2[C@H]2[CH+][C@@H]1CC2. The Morgan fingerprint density at radius 3 is 2.08 bits per heavy atom. The summed E-state index contributed by atoms with van der Waals surface area (Å²) in [7, 11) is 2.64. The fraction of sp³-hybridized carbons (Fsp3) is 0.727. The van der Waals surface area contributed by atoms with Gasteiger partial charge in [0.15, 0.2) is 0 Å². The Balaban J connectivity index is 1.90. The molecular formula is C11H13B+. The van der Waals surface area contributed by atoms with Gasteiger partial charge in [-0.05, 0) is 35.6 Å². The second-order valence-corrected chi connectivity index (χ2v) is 4.88. The highest BCUT2D eigenvalue weighted by atomic mass is 14.5. The van der Waals surface area contributed by atoms with E-state index in [4.69, 9.17) is 0 Å². The van der Waals surface area contributed by atoms with Crippen LogP contribution in [0.25, 0.3) is 0 Å². The highest BCUT2D eigenvalue weighted by Crippen LogP contribution is 2.64. The Bertz CT molecular complexity index is 227. The first-order chi connectivity index (χ1) is 5.93. The summed E-state index contributed by atoms with van der Waals surface area (Å²) in [6.45, 7) is 0. The van der Waals surface area contributed by atoms with Gasteiger partial charge in [0.2, 0.25) is 0 Å². The van der Waals surface area contributed by atoms with Crippen LogP contribution in [0, 0.1) is 18.3 Å². The molecule has 1 radical (unpaired) electrons. The van der Waals surface area contributed by atoms with Crippen molar-refractivity contribution in [3.63, 3.8) is 0 Å². The molecule has 2 aliphatic carbocycles. The van der Waals surface area contributed by atoms with Gasteiger partial charge in [-0.15, -0.1) is 0 Å². The van der Waals surface area contributed by atoms with Gasteiger partial charge in [-0.25, -0.2) is 0 Å². The van der Waals surface area contributed by atoms with E-state index < -0.39 is 0 Å². The van der Waals surface area contributed by atoms with E-state index in [1.54, 1.807) is 0 Å². The van der Waals surface area contributed by atoms with E-state index in [9.17, 15) is 0 Å². The fourth-order valence-corrected chi connectivity index (χ4v) is 4.11. The summed E-state index contributed by atoms with van der Waals surface area (Å²) >= 11 is 0. The first kappa shape index (κ1) is 6.18. The molecule has 4 atom stereocenters. The molecule has 0 aromatic carbocycles. The van der Waals surface area contributed by atoms with Gasteiger partial charge in [-0.2, -0.15) is 0 Å². The van der Waals surface area contributed by atoms with Crippen LogP contribution in [-0.2, 0) is 0 Å². The molecule has 0 spiro atoms. The third-order valence-electron chi connectivity index (χ3n) is 4.44. The Morgan fingerprint density at radius 2 is 1.50 bits per heavy atom. The standard InChI is InChI=1S/C11H13B/c1-2-7-5-6(1)10-8-3-4-9(12-8)11(7)10/h5-9H,1-4H2/q+1/t6-,7+,8-,9+. The van der Waals surface area contributed by atoms with Crippen LogP contribution < -0.4 is 0 Å². The van der Waals surface area contributed by atoms with Gasteiger partial charge in [0.05, 0.1) is 6.42 Å². The molecule has 1 saturated heterocycles. The lowest BCUT2D eigenvalue weighted by atomic mass is 9.62. The van der Waals surface area contributed by atoms with Crippen molar-refractivity contribution in [3.05, 3.63) is 17.6 Å². The molecule has 4 aliphatic rings. The van der Waals surface area contributed by atoms with E-state index in [1.807, 2.05) is 11.1 Å². The lowest BCUT2D eigenvalue weighted by Crippen LogP contribution is -2.06. The van der Waals surface area contributed by atoms with Crippen molar-refractivity contribution in [2.75, 3.05) is 0 Å². The highest BCUT2D eigenvalue weighted by molar-refractivity contribution is 6.45. The maximum Gasteiger partial charge on any atom is 0.129 e. The third kappa shape index (κ3) is 0.513. The molecule has 1 heteroatoms. The first-order valence-corrected chi connectivity index (χ1v) is 5.37. The molecule has 0 nitrogen and oxygen atoms in total. The van der Waals surface area contributed by atoms with Gasteiger partial charge < -0.3 is 0 Å². The van der Waals surface area contributed by atoms with E-state index in [0.29, 0.717) is 0 Å². The molecule has 2 heterocycles. The second-order valence-electron chi connectivity index (χ2n) is 4.88. The molecule has 1 saturated carbocycles. The minimum atomic E-state index is 0.927. The zero-order valence-corrected chi connectivity index (χ0v) is 7.29. The molecule has 2 aliphatic heterocycles. The molecule has 0 N–H and O–H groups in total. The van der Waals surface area contributed by atoms with Gasteiger partial charge >= 0.3 is 0 Å². The van der Waals surface area contributed by atoms with Crippen LogP contribution in [0.5, 0.6) is 0 Å². The summed E-state index contributed by atoms with van der Waals surface area (Å²) in [5.74, 6) is 3.71. The van der Waals surface area contributed by atoms with Crippen molar-refractivity contribution < 1.29 is 0 Å². The van der Waals surface area contributed by atoms with Gasteiger partial charge in [0.1, 0.15) is 19.1 Å². The summed E-state index contributed by atoms with van der Waals surface area (Å²) in [6, 6.07) is 0. The van der Waals surface area contributed by atoms with E-state index in [1.165, 1.54) is 25.7 Å². The van der Waals surface area contributed by atoms with Crippen LogP contribution in [0.1, 0.15) is 25.7 Å². The average molecular weight is 156 g/mol. The lowest BCUT2D eigenvalue weighted by molar-refractivity contribution is 0.574. The Kier molecular flexibility index (Phi) is 0.918. The van der Waals surface area contributed by atoms with Crippen molar-refractivity contribution in [2.24, 2.45) is 11.8 Å². The molecular weight excluding hydrogens is 143 g/mol. The average Bonchev–Trinajstić information content (AvgIpc) is 2.83. The van der Waals surface area contributed by atoms with Crippen molar-refractivity contribution in [1.29, 1.82) is 0 Å². The highest BCUT2D eigenvalue weighted by Gasteiger charge is 2.57. The third-order valence-corrected chi connectivity index (χ3v) is 4.44. The molecule has 12 heavy (non-hydrogen) atoms. The molecule has 4 bridgehead atoms. The van der Waals surface area contributed by atoms with Gasteiger partial charge in [-0.3, -0.25) is 0 Å². The number of rotatable bonds is 0. The van der Waals surface area contributed by atoms with E-state index in [-0.39, 0.29) is 0 Å². The van der Waals surface area contributed by atoms with Crippen molar-refractivity contribution in [3.8, 4) is 0 Å². The van der Waals surface area contributed by atoms with Gasteiger partial charge in [-0.1, -0.05) is 12.8 Å². The normalized spacial score (nSPS) is 52.7.